The molecule has 3 aromatic rings. The molecule has 3 rings (SSSR count). The van der Waals surface area contributed by atoms with Gasteiger partial charge in [-0.3, -0.25) is 0 Å². The minimum atomic E-state index is 0.559. The van der Waals surface area contributed by atoms with Gasteiger partial charge in [0.2, 0.25) is 5.88 Å². The highest BCUT2D eigenvalue weighted by molar-refractivity contribution is 5.98. The lowest BCUT2D eigenvalue weighted by Crippen LogP contribution is -1.96. The van der Waals surface area contributed by atoms with E-state index in [0.717, 1.165) is 22.2 Å². The molecule has 0 atom stereocenters. The van der Waals surface area contributed by atoms with Crippen molar-refractivity contribution in [2.24, 2.45) is 0 Å². The molecule has 3 nitrogen and oxygen atoms in total. The highest BCUT2D eigenvalue weighted by Gasteiger charge is 2.14. The average molecular weight is 307 g/mol. The maximum atomic E-state index is 5.52. The number of para-hydroxylation sites is 1. The first-order chi connectivity index (χ1) is 11.0. The Balaban J connectivity index is 2.39. The Bertz CT molecular complexity index is 861. The minimum absolute atomic E-state index is 0.559. The maximum Gasteiger partial charge on any atom is 0.217 e. The Morgan fingerprint density at radius 1 is 0.870 bits per heavy atom. The molecule has 1 aromatic heterocycles. The van der Waals surface area contributed by atoms with Crippen LogP contribution in [0.25, 0.3) is 22.0 Å². The number of fused-ring (bicyclic) bond motifs is 1. The summed E-state index contributed by atoms with van der Waals surface area (Å²) in [6, 6.07) is 12.4. The smallest absolute Gasteiger partial charge is 0.217 e. The molecule has 0 radical (unpaired) electrons. The Morgan fingerprint density at radius 3 is 2.17 bits per heavy atom. The number of rotatable bonds is 3. The van der Waals surface area contributed by atoms with Crippen LogP contribution in [-0.2, 0) is 0 Å². The molecule has 0 aliphatic heterocycles. The topological polar surface area (TPSA) is 31.4 Å². The largest absolute Gasteiger partial charge is 0.496 e. The number of benzene rings is 2. The molecule has 0 saturated heterocycles. The van der Waals surface area contributed by atoms with Crippen molar-refractivity contribution in [1.29, 1.82) is 0 Å². The van der Waals surface area contributed by atoms with Gasteiger partial charge >= 0.3 is 0 Å². The number of ether oxygens (including phenoxy) is 2. The Hall–Kier alpha value is -2.55. The molecule has 0 saturated carbocycles. The molecule has 0 aliphatic rings. The number of hydrogen-bond acceptors (Lipinski definition) is 3. The third-order valence-corrected chi connectivity index (χ3v) is 4.15. The van der Waals surface area contributed by atoms with Crippen molar-refractivity contribution in [1.82, 2.24) is 4.98 Å². The molecule has 0 N–H and O–H groups in total. The zero-order valence-electron chi connectivity index (χ0n) is 14.2. The summed E-state index contributed by atoms with van der Waals surface area (Å²) in [6.45, 7) is 6.41. The number of aromatic nitrogens is 1. The molecule has 118 valence electrons. The first kappa shape index (κ1) is 15.3. The van der Waals surface area contributed by atoms with Gasteiger partial charge in [-0.1, -0.05) is 29.8 Å². The number of aryl methyl sites for hydroxylation is 3. The van der Waals surface area contributed by atoms with Crippen LogP contribution in [0.4, 0.5) is 0 Å². The van der Waals surface area contributed by atoms with Gasteiger partial charge in [0, 0.05) is 17.0 Å². The molecule has 3 heteroatoms. The molecule has 0 aliphatic carbocycles. The van der Waals surface area contributed by atoms with Crippen LogP contribution >= 0.6 is 0 Å². The van der Waals surface area contributed by atoms with E-state index in [0.29, 0.717) is 5.88 Å². The van der Waals surface area contributed by atoms with Crippen LogP contribution in [-0.4, -0.2) is 19.2 Å². The van der Waals surface area contributed by atoms with E-state index in [1.807, 2.05) is 18.2 Å². The van der Waals surface area contributed by atoms with Crippen LogP contribution in [0.15, 0.2) is 36.4 Å². The van der Waals surface area contributed by atoms with E-state index >= 15 is 0 Å². The van der Waals surface area contributed by atoms with Gasteiger partial charge in [0.1, 0.15) is 5.75 Å². The molecular weight excluding hydrogens is 286 g/mol. The summed E-state index contributed by atoms with van der Waals surface area (Å²) < 4.78 is 10.9. The van der Waals surface area contributed by atoms with Crippen molar-refractivity contribution in [2.45, 2.75) is 20.8 Å². The summed E-state index contributed by atoms with van der Waals surface area (Å²) in [6.07, 6.45) is 0. The summed E-state index contributed by atoms with van der Waals surface area (Å²) >= 11 is 0. The van der Waals surface area contributed by atoms with Gasteiger partial charge in [-0.25, -0.2) is 4.98 Å². The summed E-state index contributed by atoms with van der Waals surface area (Å²) in [5, 5.41) is 0.991. The fraction of sp³-hybridized carbons (Fsp3) is 0.250. The molecule has 23 heavy (non-hydrogen) atoms. The molecule has 1 heterocycles. The quantitative estimate of drug-likeness (QED) is 0.693. The van der Waals surface area contributed by atoms with E-state index < -0.39 is 0 Å². The standard InChI is InChI=1S/C20H21NO2/c1-12-9-13(2)19(14(3)10-12)16-8-6-7-15-17(22-4)11-18(23-5)21-20(15)16/h6-11H,1-5H3. The highest BCUT2D eigenvalue weighted by atomic mass is 16.5. The zero-order valence-corrected chi connectivity index (χ0v) is 14.2. The summed E-state index contributed by atoms with van der Waals surface area (Å²) in [5.41, 5.74) is 7.00. The van der Waals surface area contributed by atoms with Crippen molar-refractivity contribution >= 4 is 10.9 Å². The van der Waals surface area contributed by atoms with Crippen molar-refractivity contribution in [3.63, 3.8) is 0 Å². The molecular formula is C20H21NO2. The van der Waals surface area contributed by atoms with Gasteiger partial charge in [-0.2, -0.15) is 0 Å². The summed E-state index contributed by atoms with van der Waals surface area (Å²) in [7, 11) is 3.29. The van der Waals surface area contributed by atoms with Crippen LogP contribution in [0.2, 0.25) is 0 Å². The zero-order chi connectivity index (χ0) is 16.6. The lowest BCUT2D eigenvalue weighted by Gasteiger charge is -2.15. The lowest BCUT2D eigenvalue weighted by atomic mass is 9.92. The van der Waals surface area contributed by atoms with E-state index in [-0.39, 0.29) is 0 Å². The number of nitrogens with zero attached hydrogens (tertiary/aromatic N) is 1. The molecule has 0 spiro atoms. The van der Waals surface area contributed by atoms with Crippen molar-refractivity contribution in [3.05, 3.63) is 53.1 Å². The molecule has 2 aromatic carbocycles. The van der Waals surface area contributed by atoms with E-state index in [2.05, 4.69) is 44.0 Å². The second-order valence-corrected chi connectivity index (χ2v) is 5.84. The van der Waals surface area contributed by atoms with Crippen LogP contribution in [0.3, 0.4) is 0 Å². The SMILES string of the molecule is COc1cc(OC)c2cccc(-c3c(C)cc(C)cc3C)c2n1. The predicted octanol–water partition coefficient (Wildman–Crippen LogP) is 4.84. The second kappa shape index (κ2) is 5.92. The summed E-state index contributed by atoms with van der Waals surface area (Å²) in [5.74, 6) is 1.33. The normalized spacial score (nSPS) is 10.8. The first-order valence-corrected chi connectivity index (χ1v) is 7.65. The van der Waals surface area contributed by atoms with E-state index in [1.165, 1.54) is 22.3 Å². The number of methoxy groups -OCH3 is 2. The van der Waals surface area contributed by atoms with Crippen molar-refractivity contribution in [2.75, 3.05) is 14.2 Å². The minimum Gasteiger partial charge on any atom is -0.496 e. The first-order valence-electron chi connectivity index (χ1n) is 7.65. The van der Waals surface area contributed by atoms with E-state index in [9.17, 15) is 0 Å². The van der Waals surface area contributed by atoms with Crippen LogP contribution < -0.4 is 9.47 Å². The molecule has 0 bridgehead atoms. The Morgan fingerprint density at radius 2 is 1.57 bits per heavy atom. The van der Waals surface area contributed by atoms with Crippen molar-refractivity contribution in [3.8, 4) is 22.8 Å². The number of hydrogen-bond donors (Lipinski definition) is 0. The van der Waals surface area contributed by atoms with Gasteiger partial charge in [-0.15, -0.1) is 0 Å². The van der Waals surface area contributed by atoms with Crippen LogP contribution in [0.1, 0.15) is 16.7 Å². The van der Waals surface area contributed by atoms with E-state index in [1.54, 1.807) is 14.2 Å². The third kappa shape index (κ3) is 2.63. The molecule has 0 amide bonds. The predicted molar refractivity (Wildman–Crippen MR) is 94.5 cm³/mol. The van der Waals surface area contributed by atoms with Crippen molar-refractivity contribution < 1.29 is 9.47 Å². The molecule has 0 unspecified atom stereocenters. The van der Waals surface area contributed by atoms with Gasteiger partial charge in [-0.05, 0) is 43.5 Å². The average Bonchev–Trinajstić information content (AvgIpc) is 2.53. The Kier molecular flexibility index (Phi) is 3.95. The van der Waals surface area contributed by atoms with Gasteiger partial charge in [0.05, 0.1) is 19.7 Å². The van der Waals surface area contributed by atoms with Gasteiger partial charge in [0.15, 0.2) is 0 Å². The van der Waals surface area contributed by atoms with E-state index in [4.69, 9.17) is 9.47 Å². The third-order valence-electron chi connectivity index (χ3n) is 4.15. The maximum absolute atomic E-state index is 5.52. The lowest BCUT2D eigenvalue weighted by molar-refractivity contribution is 0.386. The monoisotopic (exact) mass is 307 g/mol. The van der Waals surface area contributed by atoms with Crippen LogP contribution in [0, 0.1) is 20.8 Å². The van der Waals surface area contributed by atoms with Gasteiger partial charge < -0.3 is 9.47 Å². The Labute approximate surface area is 136 Å². The van der Waals surface area contributed by atoms with Crippen LogP contribution in [0.5, 0.6) is 11.6 Å². The number of pyridine rings is 1. The second-order valence-electron chi connectivity index (χ2n) is 5.84. The fourth-order valence-electron chi connectivity index (χ4n) is 3.28. The summed E-state index contributed by atoms with van der Waals surface area (Å²) in [4.78, 5) is 4.68. The molecule has 0 fully saturated rings. The highest BCUT2D eigenvalue weighted by Crippen LogP contribution is 2.37. The van der Waals surface area contributed by atoms with Gasteiger partial charge in [0.25, 0.3) is 0 Å². The fourth-order valence-corrected chi connectivity index (χ4v) is 3.28.